The lowest BCUT2D eigenvalue weighted by atomic mass is 10.2. The van der Waals surface area contributed by atoms with Gasteiger partial charge in [-0.25, -0.2) is 0 Å². The van der Waals surface area contributed by atoms with Gasteiger partial charge in [0.2, 0.25) is 0 Å². The molecule has 0 aliphatic heterocycles. The summed E-state index contributed by atoms with van der Waals surface area (Å²) < 4.78 is 0. The van der Waals surface area contributed by atoms with E-state index in [-0.39, 0.29) is 0 Å². The van der Waals surface area contributed by atoms with E-state index in [1.165, 1.54) is 5.56 Å². The molecule has 104 valence electrons. The van der Waals surface area contributed by atoms with Crippen LogP contribution in [0.3, 0.4) is 0 Å². The molecule has 4 heteroatoms. The van der Waals surface area contributed by atoms with E-state index < -0.39 is 0 Å². The number of thiocarbonyl (C=S) groups is 1. The SMILES string of the molecule is Cc1ccccc1NC(=S)Nc1ccc(N(C)C)cc1. The van der Waals surface area contributed by atoms with Crippen LogP contribution >= 0.6 is 12.2 Å². The van der Waals surface area contributed by atoms with Crippen molar-refractivity contribution in [1.29, 1.82) is 0 Å². The van der Waals surface area contributed by atoms with Gasteiger partial charge in [-0.15, -0.1) is 0 Å². The van der Waals surface area contributed by atoms with Crippen molar-refractivity contribution in [2.45, 2.75) is 6.92 Å². The number of benzene rings is 2. The summed E-state index contributed by atoms with van der Waals surface area (Å²) >= 11 is 5.33. The normalized spacial score (nSPS) is 9.95. The molecular weight excluding hydrogens is 266 g/mol. The van der Waals surface area contributed by atoms with Crippen molar-refractivity contribution in [3.05, 3.63) is 54.1 Å². The molecular formula is C16H19N3S. The fourth-order valence-electron chi connectivity index (χ4n) is 1.84. The number of para-hydroxylation sites is 1. The van der Waals surface area contributed by atoms with Crippen molar-refractivity contribution in [2.24, 2.45) is 0 Å². The van der Waals surface area contributed by atoms with Crippen LogP contribution in [-0.4, -0.2) is 19.2 Å². The summed E-state index contributed by atoms with van der Waals surface area (Å²) in [6.07, 6.45) is 0. The number of nitrogens with one attached hydrogen (secondary N) is 2. The van der Waals surface area contributed by atoms with Gasteiger partial charge in [0, 0.05) is 31.2 Å². The minimum Gasteiger partial charge on any atom is -0.378 e. The monoisotopic (exact) mass is 285 g/mol. The Morgan fingerprint density at radius 2 is 1.60 bits per heavy atom. The molecule has 0 bridgehead atoms. The van der Waals surface area contributed by atoms with Gasteiger partial charge in [0.05, 0.1) is 0 Å². The quantitative estimate of drug-likeness (QED) is 0.837. The topological polar surface area (TPSA) is 27.3 Å². The standard InChI is InChI=1S/C16H19N3S/c1-12-6-4-5-7-15(12)18-16(20)17-13-8-10-14(11-9-13)19(2)3/h4-11H,1-3H3,(H2,17,18,20). The molecule has 0 amide bonds. The zero-order valence-electron chi connectivity index (χ0n) is 12.0. The maximum absolute atomic E-state index is 5.33. The molecule has 2 N–H and O–H groups in total. The van der Waals surface area contributed by atoms with Crippen molar-refractivity contribution in [1.82, 2.24) is 0 Å². The van der Waals surface area contributed by atoms with Crippen LogP contribution in [0.2, 0.25) is 0 Å². The first kappa shape index (κ1) is 14.3. The second-order valence-corrected chi connectivity index (χ2v) is 5.24. The van der Waals surface area contributed by atoms with Crippen molar-refractivity contribution in [3.63, 3.8) is 0 Å². The van der Waals surface area contributed by atoms with E-state index in [0.717, 1.165) is 17.1 Å². The lowest BCUT2D eigenvalue weighted by Gasteiger charge is -2.15. The van der Waals surface area contributed by atoms with Crippen LogP contribution in [0.15, 0.2) is 48.5 Å². The van der Waals surface area contributed by atoms with Crippen LogP contribution in [-0.2, 0) is 0 Å². The van der Waals surface area contributed by atoms with Gasteiger partial charge in [-0.05, 0) is 55.0 Å². The van der Waals surface area contributed by atoms with E-state index in [1.807, 2.05) is 44.4 Å². The maximum atomic E-state index is 5.33. The van der Waals surface area contributed by atoms with E-state index in [2.05, 4.69) is 40.7 Å². The highest BCUT2D eigenvalue weighted by atomic mass is 32.1. The highest BCUT2D eigenvalue weighted by Crippen LogP contribution is 2.17. The number of hydrogen-bond acceptors (Lipinski definition) is 2. The molecule has 2 aromatic carbocycles. The molecule has 0 radical (unpaired) electrons. The highest BCUT2D eigenvalue weighted by molar-refractivity contribution is 7.80. The van der Waals surface area contributed by atoms with Crippen molar-refractivity contribution >= 4 is 34.4 Å². The van der Waals surface area contributed by atoms with Crippen molar-refractivity contribution in [3.8, 4) is 0 Å². The lowest BCUT2D eigenvalue weighted by Crippen LogP contribution is -2.19. The Kier molecular flexibility index (Phi) is 4.58. The Bertz CT molecular complexity index is 591. The first-order valence-corrected chi connectivity index (χ1v) is 6.88. The van der Waals surface area contributed by atoms with Crippen LogP contribution in [0.1, 0.15) is 5.56 Å². The molecule has 0 aliphatic rings. The number of nitrogens with zero attached hydrogens (tertiary/aromatic N) is 1. The molecule has 0 atom stereocenters. The Morgan fingerprint density at radius 1 is 0.950 bits per heavy atom. The third kappa shape index (κ3) is 3.71. The Morgan fingerprint density at radius 3 is 2.20 bits per heavy atom. The average molecular weight is 285 g/mol. The van der Waals surface area contributed by atoms with Crippen LogP contribution in [0.4, 0.5) is 17.1 Å². The van der Waals surface area contributed by atoms with Crippen LogP contribution in [0.5, 0.6) is 0 Å². The van der Waals surface area contributed by atoms with Crippen molar-refractivity contribution < 1.29 is 0 Å². The second kappa shape index (κ2) is 6.39. The average Bonchev–Trinajstić information content (AvgIpc) is 2.42. The first-order chi connectivity index (χ1) is 9.56. The predicted octanol–water partition coefficient (Wildman–Crippen LogP) is 3.87. The van der Waals surface area contributed by atoms with Gasteiger partial charge < -0.3 is 15.5 Å². The molecule has 2 rings (SSSR count). The predicted molar refractivity (Wildman–Crippen MR) is 91.8 cm³/mol. The van der Waals surface area contributed by atoms with Crippen molar-refractivity contribution in [2.75, 3.05) is 29.6 Å². The largest absolute Gasteiger partial charge is 0.378 e. The third-order valence-corrected chi connectivity index (χ3v) is 3.24. The smallest absolute Gasteiger partial charge is 0.175 e. The lowest BCUT2D eigenvalue weighted by molar-refractivity contribution is 1.13. The number of anilines is 3. The van der Waals surface area contributed by atoms with Gasteiger partial charge in [0.1, 0.15) is 0 Å². The molecule has 0 aromatic heterocycles. The second-order valence-electron chi connectivity index (χ2n) is 4.84. The first-order valence-electron chi connectivity index (χ1n) is 6.47. The fourth-order valence-corrected chi connectivity index (χ4v) is 2.07. The van der Waals surface area contributed by atoms with Gasteiger partial charge in [-0.2, -0.15) is 0 Å². The van der Waals surface area contributed by atoms with Gasteiger partial charge in [-0.3, -0.25) is 0 Å². The van der Waals surface area contributed by atoms with Gasteiger partial charge in [-0.1, -0.05) is 18.2 Å². The van der Waals surface area contributed by atoms with E-state index in [4.69, 9.17) is 12.2 Å². The van der Waals surface area contributed by atoms with Crippen LogP contribution in [0, 0.1) is 6.92 Å². The van der Waals surface area contributed by atoms with E-state index in [1.54, 1.807) is 0 Å². The Hall–Kier alpha value is -2.07. The third-order valence-electron chi connectivity index (χ3n) is 3.03. The number of hydrogen-bond donors (Lipinski definition) is 2. The zero-order chi connectivity index (χ0) is 14.5. The summed E-state index contributed by atoms with van der Waals surface area (Å²) in [4.78, 5) is 2.06. The Labute approximate surface area is 125 Å². The summed E-state index contributed by atoms with van der Waals surface area (Å²) in [7, 11) is 4.04. The molecule has 0 heterocycles. The zero-order valence-corrected chi connectivity index (χ0v) is 12.8. The molecule has 2 aromatic rings. The molecule has 0 saturated carbocycles. The molecule has 0 fully saturated rings. The molecule has 3 nitrogen and oxygen atoms in total. The molecule has 0 saturated heterocycles. The van der Waals surface area contributed by atoms with E-state index in [9.17, 15) is 0 Å². The number of aryl methyl sites for hydroxylation is 1. The highest BCUT2D eigenvalue weighted by Gasteiger charge is 2.01. The molecule has 0 aliphatic carbocycles. The Balaban J connectivity index is 1.99. The molecule has 20 heavy (non-hydrogen) atoms. The van der Waals surface area contributed by atoms with E-state index >= 15 is 0 Å². The van der Waals surface area contributed by atoms with E-state index in [0.29, 0.717) is 5.11 Å². The molecule has 0 unspecified atom stereocenters. The summed E-state index contributed by atoms with van der Waals surface area (Å²) in [6.45, 7) is 2.05. The maximum Gasteiger partial charge on any atom is 0.175 e. The number of rotatable bonds is 3. The van der Waals surface area contributed by atoms with Crippen LogP contribution in [0.25, 0.3) is 0 Å². The van der Waals surface area contributed by atoms with Gasteiger partial charge in [0.15, 0.2) is 5.11 Å². The minimum atomic E-state index is 0.594. The summed E-state index contributed by atoms with van der Waals surface area (Å²) in [5, 5.41) is 6.99. The summed E-state index contributed by atoms with van der Waals surface area (Å²) in [5.74, 6) is 0. The fraction of sp³-hybridized carbons (Fsp3) is 0.188. The minimum absolute atomic E-state index is 0.594. The summed E-state index contributed by atoms with van der Waals surface area (Å²) in [5.41, 5.74) is 4.32. The summed E-state index contributed by atoms with van der Waals surface area (Å²) in [6, 6.07) is 16.2. The molecule has 0 spiro atoms. The van der Waals surface area contributed by atoms with Gasteiger partial charge in [0.25, 0.3) is 0 Å². The van der Waals surface area contributed by atoms with Gasteiger partial charge >= 0.3 is 0 Å². The van der Waals surface area contributed by atoms with Crippen LogP contribution < -0.4 is 15.5 Å².